The van der Waals surface area contributed by atoms with Gasteiger partial charge in [0.05, 0.1) is 45.6 Å². The molecule has 0 rings (SSSR count). The molecule has 0 saturated carbocycles. The van der Waals surface area contributed by atoms with Gasteiger partial charge in [0.15, 0.2) is 5.78 Å². The van der Waals surface area contributed by atoms with Gasteiger partial charge in [-0.1, -0.05) is 90.9 Å². The summed E-state index contributed by atoms with van der Waals surface area (Å²) in [4.78, 5) is 70.0. The zero-order valence-electron chi connectivity index (χ0n) is 32.6. The molecule has 0 heterocycles. The first-order valence-corrected chi connectivity index (χ1v) is 19.9. The fraction of sp³-hybridized carbons (Fsp3) is 0.846. The van der Waals surface area contributed by atoms with Gasteiger partial charge in [0, 0.05) is 44.7 Å². The third-order valence-electron chi connectivity index (χ3n) is 8.64. The average Bonchev–Trinajstić information content (AvgIpc) is 3.11. The van der Waals surface area contributed by atoms with E-state index in [9.17, 15) is 33.9 Å². The highest BCUT2D eigenvalue weighted by molar-refractivity contribution is 5.84. The van der Waals surface area contributed by atoms with Crippen molar-refractivity contribution in [3.8, 4) is 0 Å². The Morgan fingerprint density at radius 1 is 0.509 bits per heavy atom. The topological polar surface area (TPSA) is 204 Å². The maximum absolute atomic E-state index is 12.4. The van der Waals surface area contributed by atoms with Crippen LogP contribution in [0.5, 0.6) is 0 Å². The Morgan fingerprint density at radius 2 is 0.943 bits per heavy atom. The molecular formula is C39H70N2O12. The van der Waals surface area contributed by atoms with Crippen molar-refractivity contribution in [1.82, 2.24) is 10.6 Å². The van der Waals surface area contributed by atoms with Crippen LogP contribution in [0.15, 0.2) is 0 Å². The van der Waals surface area contributed by atoms with Gasteiger partial charge >= 0.3 is 11.9 Å². The van der Waals surface area contributed by atoms with E-state index in [1.165, 1.54) is 44.9 Å². The van der Waals surface area contributed by atoms with Gasteiger partial charge in [-0.05, 0) is 19.3 Å². The zero-order valence-corrected chi connectivity index (χ0v) is 32.6. The van der Waals surface area contributed by atoms with E-state index in [2.05, 4.69) is 10.6 Å². The van der Waals surface area contributed by atoms with Crippen LogP contribution in [-0.4, -0.2) is 111 Å². The van der Waals surface area contributed by atoms with Crippen molar-refractivity contribution in [2.45, 2.75) is 136 Å². The van der Waals surface area contributed by atoms with Crippen molar-refractivity contribution in [1.29, 1.82) is 0 Å². The van der Waals surface area contributed by atoms with Gasteiger partial charge < -0.3 is 39.8 Å². The lowest BCUT2D eigenvalue weighted by atomic mass is 9.94. The maximum atomic E-state index is 12.4. The Kier molecular flexibility index (Phi) is 34.1. The third kappa shape index (κ3) is 35.8. The summed E-state index contributed by atoms with van der Waals surface area (Å²) >= 11 is 0. The molecule has 1 atom stereocenters. The van der Waals surface area contributed by atoms with E-state index >= 15 is 0 Å². The zero-order chi connectivity index (χ0) is 39.4. The van der Waals surface area contributed by atoms with Crippen molar-refractivity contribution in [3.05, 3.63) is 0 Å². The minimum atomic E-state index is -1.06. The van der Waals surface area contributed by atoms with Gasteiger partial charge in [-0.25, -0.2) is 0 Å². The summed E-state index contributed by atoms with van der Waals surface area (Å²) in [5, 5.41) is 23.5. The molecule has 14 heteroatoms. The van der Waals surface area contributed by atoms with E-state index in [-0.39, 0.29) is 94.6 Å². The lowest BCUT2D eigenvalue weighted by Crippen LogP contribution is -2.31. The second-order valence-electron chi connectivity index (χ2n) is 13.8. The van der Waals surface area contributed by atoms with Crippen LogP contribution >= 0.6 is 0 Å². The quantitative estimate of drug-likeness (QED) is 0.0590. The van der Waals surface area contributed by atoms with Crippen molar-refractivity contribution < 1.29 is 57.9 Å². The van der Waals surface area contributed by atoms with Gasteiger partial charge in [0.1, 0.15) is 19.0 Å². The Balaban J connectivity index is 3.66. The van der Waals surface area contributed by atoms with E-state index in [0.29, 0.717) is 32.8 Å². The lowest BCUT2D eigenvalue weighted by molar-refractivity contribution is -0.144. The smallest absolute Gasteiger partial charge is 0.306 e. The van der Waals surface area contributed by atoms with E-state index in [1.54, 1.807) is 0 Å². The second kappa shape index (κ2) is 36.1. The number of carbonyl (C=O) groups is 6. The number of hydrogen-bond acceptors (Lipinski definition) is 10. The summed E-state index contributed by atoms with van der Waals surface area (Å²) in [6.45, 7) is 5.74. The molecule has 0 aromatic heterocycles. The van der Waals surface area contributed by atoms with Gasteiger partial charge in [0.2, 0.25) is 11.8 Å². The number of Topliss-reactive ketones (excluding diaryl/α,β-unsaturated/α-hetero) is 2. The number of carboxylic acid groups (broad SMARTS) is 2. The number of hydrogen-bond donors (Lipinski definition) is 4. The highest BCUT2D eigenvalue weighted by Crippen LogP contribution is 2.17. The minimum absolute atomic E-state index is 0.00912. The van der Waals surface area contributed by atoms with E-state index in [1.807, 2.05) is 13.8 Å². The van der Waals surface area contributed by atoms with E-state index in [0.717, 1.165) is 44.9 Å². The monoisotopic (exact) mass is 758 g/mol. The Labute approximate surface area is 317 Å². The van der Waals surface area contributed by atoms with Crippen LogP contribution in [0.3, 0.4) is 0 Å². The first-order chi connectivity index (χ1) is 25.5. The molecule has 14 nitrogen and oxygen atoms in total. The van der Waals surface area contributed by atoms with E-state index in [4.69, 9.17) is 24.1 Å². The summed E-state index contributed by atoms with van der Waals surface area (Å²) in [7, 11) is 0. The molecule has 0 aliphatic rings. The fourth-order valence-corrected chi connectivity index (χ4v) is 5.32. The molecular weight excluding hydrogens is 688 g/mol. The van der Waals surface area contributed by atoms with Crippen LogP contribution in [0.2, 0.25) is 0 Å². The van der Waals surface area contributed by atoms with Crippen LogP contribution in [-0.2, 0) is 47.7 Å². The SMILES string of the molecule is CC(C)C(=O)COCCOCCNC(=O)COCCOCCNC(=O)CC[C@H](CC(=O)CCCCCCCCCCCCCCCCC(=O)O)C(=O)O. The fourth-order valence-electron chi connectivity index (χ4n) is 5.32. The highest BCUT2D eigenvalue weighted by Gasteiger charge is 2.22. The average molecular weight is 759 g/mol. The molecule has 4 N–H and O–H groups in total. The van der Waals surface area contributed by atoms with Crippen molar-refractivity contribution in [2.24, 2.45) is 11.8 Å². The molecule has 0 saturated heterocycles. The summed E-state index contributed by atoms with van der Waals surface area (Å²) in [5.74, 6) is -3.34. The van der Waals surface area contributed by atoms with E-state index < -0.39 is 17.9 Å². The van der Waals surface area contributed by atoms with Gasteiger partial charge in [-0.3, -0.25) is 28.8 Å². The number of unbranched alkanes of at least 4 members (excludes halogenated alkanes) is 13. The first-order valence-electron chi connectivity index (χ1n) is 19.9. The predicted molar refractivity (Wildman–Crippen MR) is 201 cm³/mol. The summed E-state index contributed by atoms with van der Waals surface area (Å²) in [6.07, 6.45) is 16.0. The van der Waals surface area contributed by atoms with Crippen LogP contribution in [0.25, 0.3) is 0 Å². The molecule has 0 aromatic rings. The van der Waals surface area contributed by atoms with Crippen molar-refractivity contribution in [2.75, 3.05) is 65.9 Å². The molecule has 0 aliphatic carbocycles. The summed E-state index contributed by atoms with van der Waals surface area (Å²) in [6, 6.07) is 0. The van der Waals surface area contributed by atoms with Gasteiger partial charge in [0.25, 0.3) is 0 Å². The standard InChI is InChI=1S/C39H70N2O12/c1-32(2)35(43)30-52-27-25-51-24-22-41-37(45)31-53-28-26-50-23-21-40-36(44)20-19-33(39(48)49)29-34(42)17-15-13-11-9-7-5-3-4-6-8-10-12-14-16-18-38(46)47/h32-33H,3-31H2,1-2H3,(H,40,44)(H,41,45)(H,46,47)(H,48,49)/t33-/m1/s1. The number of carbonyl (C=O) groups excluding carboxylic acids is 4. The molecule has 2 amide bonds. The predicted octanol–water partition coefficient (Wildman–Crippen LogP) is 5.28. The van der Waals surface area contributed by atoms with Crippen molar-refractivity contribution >= 4 is 35.3 Å². The third-order valence-corrected chi connectivity index (χ3v) is 8.64. The summed E-state index contributed by atoms with van der Waals surface area (Å²) in [5.41, 5.74) is 0. The Bertz CT molecular complexity index is 992. The Morgan fingerprint density at radius 3 is 1.42 bits per heavy atom. The normalized spacial score (nSPS) is 11.8. The lowest BCUT2D eigenvalue weighted by Gasteiger charge is -2.12. The van der Waals surface area contributed by atoms with Gasteiger partial charge in [-0.15, -0.1) is 0 Å². The number of rotatable bonds is 40. The number of carboxylic acids is 2. The first kappa shape index (κ1) is 50.1. The molecule has 53 heavy (non-hydrogen) atoms. The molecule has 0 aliphatic heterocycles. The molecule has 0 spiro atoms. The largest absolute Gasteiger partial charge is 0.481 e. The van der Waals surface area contributed by atoms with Crippen molar-refractivity contribution in [3.63, 3.8) is 0 Å². The van der Waals surface area contributed by atoms with Gasteiger partial charge in [-0.2, -0.15) is 0 Å². The minimum Gasteiger partial charge on any atom is -0.481 e. The molecule has 0 bridgehead atoms. The molecule has 0 unspecified atom stereocenters. The number of nitrogens with one attached hydrogen (secondary N) is 2. The molecule has 308 valence electrons. The molecule has 0 aromatic carbocycles. The van der Waals surface area contributed by atoms with Crippen LogP contribution in [0.4, 0.5) is 0 Å². The molecule has 0 fully saturated rings. The maximum Gasteiger partial charge on any atom is 0.306 e. The molecule has 0 radical (unpaired) electrons. The van der Waals surface area contributed by atoms with Crippen LogP contribution in [0.1, 0.15) is 136 Å². The highest BCUT2D eigenvalue weighted by atomic mass is 16.5. The van der Waals surface area contributed by atoms with Crippen LogP contribution < -0.4 is 10.6 Å². The Hall–Kier alpha value is -2.94. The van der Waals surface area contributed by atoms with Crippen LogP contribution in [0, 0.1) is 11.8 Å². The second-order valence-corrected chi connectivity index (χ2v) is 13.8. The number of aliphatic carboxylic acids is 2. The number of ketones is 2. The number of amides is 2. The number of ether oxygens (including phenoxy) is 4. The summed E-state index contributed by atoms with van der Waals surface area (Å²) < 4.78 is 21.2.